The van der Waals surface area contributed by atoms with Gasteiger partial charge in [-0.3, -0.25) is 0 Å². The van der Waals surface area contributed by atoms with Gasteiger partial charge in [0, 0.05) is 66.8 Å². The molecule has 7 aliphatic rings. The average Bonchev–Trinajstić information content (AvgIpc) is 1.52. The van der Waals surface area contributed by atoms with Crippen LogP contribution < -0.4 is 14.7 Å². The molecule has 19 aromatic carbocycles. The van der Waals surface area contributed by atoms with Crippen molar-refractivity contribution in [2.24, 2.45) is 0 Å². The lowest BCUT2D eigenvalue weighted by molar-refractivity contribution is 0.661. The molecule has 0 N–H and O–H groups in total. The van der Waals surface area contributed by atoms with Crippen LogP contribution in [0.1, 0.15) is 91.7 Å². The molecule has 3 nitrogen and oxygen atoms in total. The first-order chi connectivity index (χ1) is 58.8. The van der Waals surface area contributed by atoms with Gasteiger partial charge < -0.3 is 14.7 Å². The van der Waals surface area contributed by atoms with Gasteiger partial charge in [-0.15, -0.1) is 0 Å². The van der Waals surface area contributed by atoms with Crippen molar-refractivity contribution in [2.45, 2.75) is 35.5 Å². The quantitative estimate of drug-likeness (QED) is 0.105. The summed E-state index contributed by atoms with van der Waals surface area (Å²) in [6, 6.07) is 160. The Hall–Kier alpha value is -14.9. The largest absolute Gasteiger partial charge is 0.310 e. The zero-order chi connectivity index (χ0) is 78.2. The number of para-hydroxylation sites is 3. The Kier molecular flexibility index (Phi) is 13.6. The van der Waals surface area contributed by atoms with Gasteiger partial charge in [-0.2, -0.15) is 0 Å². The standard InChI is InChI=1S/C116H75N3/c1-113(2)106-66-75(117(72-32-6-3-7-33-72)76-58-62-88-85-44-20-29-55-103(85)114(108(88)67-76)97-49-23-14-38-79(97)80-39-15-24-50-98(80)114)59-65-91(106)94-70-95-96(71-107(94)113)112(119(74-36-10-5-11-37-74)78-61-64-90-87-46-22-31-57-105(87)116(110(90)69-78)101-53-27-18-42-83(101)84-43-19-28-54-102(84)116)93-48-13-12-47-92(93)111(95)118(73-34-8-4-9-35-73)77-60-63-89-86-45-21-30-56-104(86)115(109(89)68-77)99-51-25-16-40-81(99)82-41-17-26-52-100(82)115/h3-71H,1-2H3. The molecule has 0 fully saturated rings. The summed E-state index contributed by atoms with van der Waals surface area (Å²) in [5, 5.41) is 4.56. The van der Waals surface area contributed by atoms with Crippen molar-refractivity contribution >= 4 is 72.7 Å². The minimum absolute atomic E-state index is 0.510. The van der Waals surface area contributed by atoms with Crippen LogP contribution in [-0.2, 0) is 21.7 Å². The molecule has 0 atom stereocenters. The molecule has 554 valence electrons. The van der Waals surface area contributed by atoms with Crippen molar-refractivity contribution in [3.05, 3.63) is 496 Å². The number of anilines is 9. The number of benzene rings is 19. The maximum Gasteiger partial charge on any atom is 0.0726 e. The lowest BCUT2D eigenvalue weighted by Gasteiger charge is -2.35. The Labute approximate surface area is 692 Å². The van der Waals surface area contributed by atoms with E-state index in [0.29, 0.717) is 0 Å². The van der Waals surface area contributed by atoms with Crippen LogP contribution >= 0.6 is 0 Å². The molecule has 7 aliphatic carbocycles. The fourth-order valence-electron chi connectivity index (χ4n) is 23.6. The van der Waals surface area contributed by atoms with Gasteiger partial charge in [-0.1, -0.05) is 335 Å². The minimum atomic E-state index is -0.575. The van der Waals surface area contributed by atoms with Crippen molar-refractivity contribution in [3.63, 3.8) is 0 Å². The van der Waals surface area contributed by atoms with Gasteiger partial charge in [0.25, 0.3) is 0 Å². The summed E-state index contributed by atoms with van der Waals surface area (Å²) in [6.45, 7) is 4.95. The predicted octanol–water partition coefficient (Wildman–Crippen LogP) is 29.7. The van der Waals surface area contributed by atoms with Crippen LogP contribution in [0.2, 0.25) is 0 Å². The lowest BCUT2D eigenvalue weighted by atomic mass is 9.70. The van der Waals surface area contributed by atoms with Crippen LogP contribution in [0.5, 0.6) is 0 Å². The van der Waals surface area contributed by atoms with E-state index in [-0.39, 0.29) is 0 Å². The predicted molar refractivity (Wildman–Crippen MR) is 492 cm³/mol. The molecular weight excluding hydrogens is 1440 g/mol. The van der Waals surface area contributed by atoms with E-state index in [0.717, 1.165) is 72.7 Å². The first-order valence-electron chi connectivity index (χ1n) is 41.9. The zero-order valence-corrected chi connectivity index (χ0v) is 65.7. The molecule has 0 heterocycles. The van der Waals surface area contributed by atoms with E-state index in [9.17, 15) is 0 Å². The normalized spacial score (nSPS) is 14.6. The number of rotatable bonds is 9. The second kappa shape index (κ2) is 24.3. The smallest absolute Gasteiger partial charge is 0.0726 e. The highest BCUT2D eigenvalue weighted by Gasteiger charge is 2.56. The van der Waals surface area contributed by atoms with Crippen LogP contribution in [-0.4, -0.2) is 0 Å². The van der Waals surface area contributed by atoms with Gasteiger partial charge in [-0.05, 0) is 253 Å². The van der Waals surface area contributed by atoms with E-state index in [1.54, 1.807) is 0 Å². The van der Waals surface area contributed by atoms with Gasteiger partial charge in [0.1, 0.15) is 0 Å². The van der Waals surface area contributed by atoms with Crippen molar-refractivity contribution in [2.75, 3.05) is 14.7 Å². The van der Waals surface area contributed by atoms with Gasteiger partial charge in [0.15, 0.2) is 0 Å². The maximum atomic E-state index is 2.63. The highest BCUT2D eigenvalue weighted by Crippen LogP contribution is 2.69. The summed E-state index contributed by atoms with van der Waals surface area (Å²) < 4.78 is 0. The Morgan fingerprint density at radius 2 is 0.353 bits per heavy atom. The van der Waals surface area contributed by atoms with Crippen LogP contribution in [0.4, 0.5) is 51.2 Å². The SMILES string of the molecule is CC1(C)c2cc(N(c3ccccc3)c3ccc4c(c3)C3(c5ccccc5-c5ccccc53)c3ccccc3-4)ccc2-c2cc3c(N(c4ccccc4)c4ccc5c(c4)C4(c6ccccc6-c6ccccc64)c4ccccc4-5)c4ccccc4c(N(c4ccccc4)c4ccc5c(c4)C4(c6ccccc6-c6ccccc64)c4ccccc4-5)c3cc21. The molecule has 0 radical (unpaired) electrons. The maximum absolute atomic E-state index is 2.63. The average molecular weight is 1510 g/mol. The summed E-state index contributed by atoms with van der Waals surface area (Å²) in [5.74, 6) is 0. The molecule has 119 heavy (non-hydrogen) atoms. The van der Waals surface area contributed by atoms with E-state index in [1.807, 2.05) is 0 Å². The number of fused-ring (bicyclic) bond motifs is 35. The first-order valence-corrected chi connectivity index (χ1v) is 41.9. The molecule has 0 amide bonds. The molecular formula is C116H75N3. The summed E-state index contributed by atoms with van der Waals surface area (Å²) in [7, 11) is 0. The molecule has 3 heteroatoms. The molecule has 0 bridgehead atoms. The van der Waals surface area contributed by atoms with E-state index in [4.69, 9.17) is 0 Å². The van der Waals surface area contributed by atoms with Gasteiger partial charge in [0.2, 0.25) is 0 Å². The lowest BCUT2D eigenvalue weighted by Crippen LogP contribution is -2.26. The van der Waals surface area contributed by atoms with E-state index < -0.39 is 21.7 Å². The van der Waals surface area contributed by atoms with Gasteiger partial charge in [-0.25, -0.2) is 0 Å². The van der Waals surface area contributed by atoms with Crippen molar-refractivity contribution < 1.29 is 0 Å². The third-order valence-electron chi connectivity index (χ3n) is 28.2. The topological polar surface area (TPSA) is 9.72 Å². The van der Waals surface area contributed by atoms with Crippen molar-refractivity contribution in [1.29, 1.82) is 0 Å². The Balaban J connectivity index is 0.732. The summed E-state index contributed by atoms with van der Waals surface area (Å²) in [6.07, 6.45) is 0. The van der Waals surface area contributed by atoms with Crippen molar-refractivity contribution in [3.8, 4) is 77.9 Å². The Morgan fingerprint density at radius 3 is 0.647 bits per heavy atom. The summed E-state index contributed by atoms with van der Waals surface area (Å²) in [4.78, 5) is 7.75. The molecule has 19 aromatic rings. The number of nitrogens with zero attached hydrogens (tertiary/aromatic N) is 3. The third-order valence-corrected chi connectivity index (χ3v) is 28.2. The van der Waals surface area contributed by atoms with E-state index in [2.05, 4.69) is 447 Å². The fourth-order valence-corrected chi connectivity index (χ4v) is 23.6. The van der Waals surface area contributed by atoms with Crippen LogP contribution in [0.15, 0.2) is 419 Å². The van der Waals surface area contributed by atoms with E-state index in [1.165, 1.54) is 156 Å². The van der Waals surface area contributed by atoms with Crippen LogP contribution in [0.25, 0.3) is 99.4 Å². The fraction of sp³-hybridized carbons (Fsp3) is 0.0517. The Morgan fingerprint density at radius 1 is 0.143 bits per heavy atom. The van der Waals surface area contributed by atoms with Crippen molar-refractivity contribution in [1.82, 2.24) is 0 Å². The van der Waals surface area contributed by atoms with Gasteiger partial charge in [0.05, 0.1) is 27.6 Å². The minimum Gasteiger partial charge on any atom is -0.310 e. The monoisotopic (exact) mass is 1510 g/mol. The van der Waals surface area contributed by atoms with Gasteiger partial charge >= 0.3 is 0 Å². The van der Waals surface area contributed by atoms with Crippen LogP contribution in [0.3, 0.4) is 0 Å². The highest BCUT2D eigenvalue weighted by molar-refractivity contribution is 6.25. The first kappa shape index (κ1) is 66.4. The molecule has 0 unspecified atom stereocenters. The molecule has 0 aliphatic heterocycles. The summed E-state index contributed by atoms with van der Waals surface area (Å²) >= 11 is 0. The molecule has 0 saturated heterocycles. The number of hydrogen-bond acceptors (Lipinski definition) is 3. The molecule has 3 spiro atoms. The zero-order valence-electron chi connectivity index (χ0n) is 65.7. The second-order valence-electron chi connectivity index (χ2n) is 33.9. The number of hydrogen-bond donors (Lipinski definition) is 0. The van der Waals surface area contributed by atoms with E-state index >= 15 is 0 Å². The third kappa shape index (κ3) is 8.55. The second-order valence-corrected chi connectivity index (χ2v) is 33.9. The molecule has 0 aromatic heterocycles. The Bertz CT molecular complexity index is 7420. The highest BCUT2D eigenvalue weighted by atomic mass is 15.2. The molecule has 0 saturated carbocycles. The van der Waals surface area contributed by atoms with Crippen LogP contribution in [0, 0.1) is 0 Å². The molecule has 26 rings (SSSR count). The summed E-state index contributed by atoms with van der Waals surface area (Å²) in [5.41, 5.74) is 43.8.